The molecule has 9 nitrogen and oxygen atoms in total. The van der Waals surface area contributed by atoms with Crippen LogP contribution in [0.4, 0.5) is 11.4 Å². The van der Waals surface area contributed by atoms with Gasteiger partial charge in [0.05, 0.1) is 33.5 Å². The van der Waals surface area contributed by atoms with Crippen LogP contribution < -0.4 is 19.5 Å². The molecule has 0 aliphatic carbocycles. The minimum Gasteiger partial charge on any atom is -0.493 e. The van der Waals surface area contributed by atoms with Crippen LogP contribution in [0.1, 0.15) is 26.2 Å². The molecule has 0 bridgehead atoms. The van der Waals surface area contributed by atoms with Crippen molar-refractivity contribution >= 4 is 40.1 Å². The van der Waals surface area contributed by atoms with Gasteiger partial charge in [0.1, 0.15) is 16.7 Å². The van der Waals surface area contributed by atoms with Gasteiger partial charge in [-0.25, -0.2) is 4.99 Å². The number of nitrogens with zero attached hydrogens (tertiary/aromatic N) is 2. The van der Waals surface area contributed by atoms with E-state index in [0.29, 0.717) is 53.5 Å². The highest BCUT2D eigenvalue weighted by Crippen LogP contribution is 2.36. The first-order valence-electron chi connectivity index (χ1n) is 11.9. The summed E-state index contributed by atoms with van der Waals surface area (Å²) in [5, 5.41) is 2.81. The van der Waals surface area contributed by atoms with Crippen molar-refractivity contribution < 1.29 is 28.5 Å². The van der Waals surface area contributed by atoms with Crippen molar-refractivity contribution in [3.8, 4) is 17.2 Å². The summed E-state index contributed by atoms with van der Waals surface area (Å²) in [6, 6.07) is 12.6. The van der Waals surface area contributed by atoms with Crippen molar-refractivity contribution in [2.24, 2.45) is 4.99 Å². The van der Waals surface area contributed by atoms with Gasteiger partial charge in [0.15, 0.2) is 16.7 Å². The molecule has 1 N–H and O–H groups in total. The molecule has 2 saturated heterocycles. The van der Waals surface area contributed by atoms with Crippen molar-refractivity contribution in [2.45, 2.75) is 37.5 Å². The number of amidine groups is 1. The zero-order valence-electron chi connectivity index (χ0n) is 20.7. The lowest BCUT2D eigenvalue weighted by atomic mass is 10.2. The summed E-state index contributed by atoms with van der Waals surface area (Å²) in [7, 11) is 3.08. The Hall–Kier alpha value is -3.24. The first-order chi connectivity index (χ1) is 17.5. The van der Waals surface area contributed by atoms with Crippen LogP contribution in [0.15, 0.2) is 47.5 Å². The highest BCUT2D eigenvalue weighted by molar-refractivity contribution is 8.15. The average molecular weight is 514 g/mol. The zero-order chi connectivity index (χ0) is 25.5. The van der Waals surface area contributed by atoms with E-state index in [9.17, 15) is 9.59 Å². The number of anilines is 1. The van der Waals surface area contributed by atoms with E-state index >= 15 is 0 Å². The Balaban J connectivity index is 1.51. The lowest BCUT2D eigenvalue weighted by Crippen LogP contribution is -2.38. The smallest absolute Gasteiger partial charge is 0.242 e. The van der Waals surface area contributed by atoms with E-state index in [1.165, 1.54) is 18.9 Å². The second-order valence-corrected chi connectivity index (χ2v) is 9.48. The molecule has 2 aromatic rings. The van der Waals surface area contributed by atoms with E-state index in [0.717, 1.165) is 12.8 Å². The number of hydrogen-bond donors (Lipinski definition) is 1. The highest BCUT2D eigenvalue weighted by atomic mass is 32.2. The number of carbonyl (C=O) groups excluding carboxylic acids is 2. The van der Waals surface area contributed by atoms with Crippen molar-refractivity contribution in [1.29, 1.82) is 0 Å². The maximum Gasteiger partial charge on any atom is 0.242 e. The fourth-order valence-corrected chi connectivity index (χ4v) is 5.27. The predicted octanol–water partition coefficient (Wildman–Crippen LogP) is 4.24. The summed E-state index contributed by atoms with van der Waals surface area (Å²) in [5.74, 6) is 1.29. The molecule has 2 heterocycles. The Morgan fingerprint density at radius 2 is 1.97 bits per heavy atom. The Morgan fingerprint density at radius 3 is 2.69 bits per heavy atom. The Kier molecular flexibility index (Phi) is 8.71. The summed E-state index contributed by atoms with van der Waals surface area (Å²) >= 11 is 1.29. The Morgan fingerprint density at radius 1 is 1.17 bits per heavy atom. The van der Waals surface area contributed by atoms with E-state index in [1.54, 1.807) is 30.2 Å². The normalized spacial score (nSPS) is 20.6. The molecule has 10 heteroatoms. The molecule has 2 aliphatic heterocycles. The van der Waals surface area contributed by atoms with Crippen LogP contribution >= 0.6 is 11.8 Å². The zero-order valence-corrected chi connectivity index (χ0v) is 21.5. The molecule has 0 saturated carbocycles. The molecule has 2 aliphatic rings. The first-order valence-corrected chi connectivity index (χ1v) is 12.8. The number of amides is 2. The summed E-state index contributed by atoms with van der Waals surface area (Å²) in [6.07, 6.45) is 1.82. The standard InChI is InChI=1S/C26H31N3O6S/c1-4-34-20-10-6-5-9-19(20)28-26-29(16-18-8-7-13-35-18)25(31)23(36-26)15-24(30)27-17-11-12-21(32-2)22(14-17)33-3/h5-6,9-12,14,18,23H,4,7-8,13,15-16H2,1-3H3,(H,27,30)/t18-,23+/m0/s1. The molecule has 0 aromatic heterocycles. The monoisotopic (exact) mass is 513 g/mol. The Labute approximate surface area is 215 Å². The first kappa shape index (κ1) is 25.8. The number of ether oxygens (including phenoxy) is 4. The van der Waals surface area contributed by atoms with Crippen molar-refractivity contribution in [2.75, 3.05) is 39.3 Å². The maximum absolute atomic E-state index is 13.4. The molecule has 2 fully saturated rings. The molecule has 2 atom stereocenters. The molecule has 0 spiro atoms. The van der Waals surface area contributed by atoms with Crippen molar-refractivity contribution in [3.63, 3.8) is 0 Å². The van der Waals surface area contributed by atoms with E-state index < -0.39 is 5.25 Å². The average Bonchev–Trinajstić information content (AvgIpc) is 3.49. The molecule has 4 rings (SSSR count). The number of rotatable bonds is 10. The van der Waals surface area contributed by atoms with Gasteiger partial charge in [-0.3, -0.25) is 14.5 Å². The lowest BCUT2D eigenvalue weighted by molar-refractivity contribution is -0.129. The van der Waals surface area contributed by atoms with Crippen molar-refractivity contribution in [3.05, 3.63) is 42.5 Å². The number of hydrogen-bond acceptors (Lipinski definition) is 8. The summed E-state index contributed by atoms with van der Waals surface area (Å²) in [5.41, 5.74) is 1.20. The van der Waals surface area contributed by atoms with Gasteiger partial charge >= 0.3 is 0 Å². The second-order valence-electron chi connectivity index (χ2n) is 8.31. The molecule has 0 unspecified atom stereocenters. The number of carbonyl (C=O) groups is 2. The van der Waals surface area contributed by atoms with Crippen molar-refractivity contribution in [1.82, 2.24) is 4.90 Å². The number of aliphatic imine (C=N–C) groups is 1. The SMILES string of the molecule is CCOc1ccccc1N=C1S[C@H](CC(=O)Nc2ccc(OC)c(OC)c2)C(=O)N1C[C@@H]1CCCO1. The molecular formula is C26H31N3O6S. The number of thioether (sulfide) groups is 1. The summed E-state index contributed by atoms with van der Waals surface area (Å²) < 4.78 is 22.0. The molecule has 192 valence electrons. The molecule has 2 amide bonds. The van der Waals surface area contributed by atoms with Crippen LogP contribution in [0.2, 0.25) is 0 Å². The molecule has 36 heavy (non-hydrogen) atoms. The number of nitrogens with one attached hydrogen (secondary N) is 1. The number of methoxy groups -OCH3 is 2. The lowest BCUT2D eigenvalue weighted by Gasteiger charge is -2.20. The topological polar surface area (TPSA) is 98.7 Å². The van der Waals surface area contributed by atoms with Gasteiger partial charge in [-0.15, -0.1) is 0 Å². The van der Waals surface area contributed by atoms with Gasteiger partial charge in [0, 0.05) is 24.8 Å². The van der Waals surface area contributed by atoms with Gasteiger partial charge in [-0.1, -0.05) is 23.9 Å². The van der Waals surface area contributed by atoms with E-state index in [2.05, 4.69) is 5.32 Å². The van der Waals surface area contributed by atoms with Gasteiger partial charge in [0.25, 0.3) is 0 Å². The largest absolute Gasteiger partial charge is 0.493 e. The van der Waals surface area contributed by atoms with Gasteiger partial charge in [0.2, 0.25) is 11.8 Å². The van der Waals surface area contributed by atoms with E-state index in [4.69, 9.17) is 23.9 Å². The molecular weight excluding hydrogens is 482 g/mol. The third kappa shape index (κ3) is 6.11. The van der Waals surface area contributed by atoms with Gasteiger partial charge in [-0.05, 0) is 44.0 Å². The van der Waals surface area contributed by atoms with Gasteiger partial charge < -0.3 is 24.3 Å². The van der Waals surface area contributed by atoms with E-state index in [1.807, 2.05) is 31.2 Å². The van der Waals surface area contributed by atoms with Crippen LogP contribution in [0.5, 0.6) is 17.2 Å². The number of para-hydroxylation sites is 2. The minimum absolute atomic E-state index is 0.00595. The number of benzene rings is 2. The van der Waals surface area contributed by atoms with Crippen LogP contribution in [0.25, 0.3) is 0 Å². The summed E-state index contributed by atoms with van der Waals surface area (Å²) in [6.45, 7) is 3.52. The van der Waals surface area contributed by atoms with Crippen LogP contribution in [0, 0.1) is 0 Å². The summed E-state index contributed by atoms with van der Waals surface area (Å²) in [4.78, 5) is 32.7. The quantitative estimate of drug-likeness (QED) is 0.507. The maximum atomic E-state index is 13.4. The van der Waals surface area contributed by atoms with E-state index in [-0.39, 0.29) is 24.3 Å². The fraction of sp³-hybridized carbons (Fsp3) is 0.423. The predicted molar refractivity (Wildman–Crippen MR) is 140 cm³/mol. The highest BCUT2D eigenvalue weighted by Gasteiger charge is 2.40. The fourth-order valence-electron chi connectivity index (χ4n) is 4.11. The third-order valence-corrected chi connectivity index (χ3v) is 7.02. The third-order valence-electron chi connectivity index (χ3n) is 5.85. The second kappa shape index (κ2) is 12.1. The van der Waals surface area contributed by atoms with Crippen LogP contribution in [0.3, 0.4) is 0 Å². The van der Waals surface area contributed by atoms with Crippen LogP contribution in [-0.4, -0.2) is 67.2 Å². The van der Waals surface area contributed by atoms with Gasteiger partial charge in [-0.2, -0.15) is 0 Å². The van der Waals surface area contributed by atoms with Crippen LogP contribution in [-0.2, 0) is 14.3 Å². The molecule has 0 radical (unpaired) electrons. The minimum atomic E-state index is -0.593. The Bertz CT molecular complexity index is 1120. The molecule has 2 aromatic carbocycles.